The van der Waals surface area contributed by atoms with E-state index in [1.165, 1.54) is 19.3 Å². The maximum atomic E-state index is 11.6. The van der Waals surface area contributed by atoms with Crippen LogP contribution < -0.4 is 10.5 Å². The van der Waals surface area contributed by atoms with Gasteiger partial charge in [0.2, 0.25) is 10.0 Å². The van der Waals surface area contributed by atoms with Crippen LogP contribution in [-0.4, -0.2) is 26.3 Å². The Kier molecular flexibility index (Phi) is 4.14. The molecule has 1 rings (SSSR count). The van der Waals surface area contributed by atoms with E-state index in [9.17, 15) is 8.42 Å². The van der Waals surface area contributed by atoms with Gasteiger partial charge in [-0.25, -0.2) is 13.1 Å². The molecule has 0 heterocycles. The third kappa shape index (κ3) is 5.49. The van der Waals surface area contributed by atoms with Crippen molar-refractivity contribution in [1.29, 1.82) is 0 Å². The SMILES string of the molecule is CC(C)(N)CNS(=O)(=O)CCC1CCC1. The van der Waals surface area contributed by atoms with Crippen molar-refractivity contribution in [2.24, 2.45) is 11.7 Å². The van der Waals surface area contributed by atoms with Gasteiger partial charge in [-0.3, -0.25) is 0 Å². The molecule has 0 atom stereocenters. The van der Waals surface area contributed by atoms with Crippen LogP contribution in [0.2, 0.25) is 0 Å². The van der Waals surface area contributed by atoms with Gasteiger partial charge in [-0.1, -0.05) is 19.3 Å². The van der Waals surface area contributed by atoms with E-state index in [0.29, 0.717) is 12.5 Å². The van der Waals surface area contributed by atoms with Gasteiger partial charge in [0.15, 0.2) is 0 Å². The van der Waals surface area contributed by atoms with E-state index in [2.05, 4.69) is 4.72 Å². The van der Waals surface area contributed by atoms with Crippen LogP contribution in [0.25, 0.3) is 0 Å². The molecule has 0 saturated heterocycles. The zero-order valence-electron chi connectivity index (χ0n) is 9.62. The summed E-state index contributed by atoms with van der Waals surface area (Å²) in [5.74, 6) is 0.876. The lowest BCUT2D eigenvalue weighted by atomic mass is 9.84. The maximum absolute atomic E-state index is 11.6. The Morgan fingerprint density at radius 1 is 1.40 bits per heavy atom. The number of sulfonamides is 1. The van der Waals surface area contributed by atoms with Crippen molar-refractivity contribution in [2.45, 2.75) is 45.1 Å². The molecule has 0 aromatic rings. The first-order valence-corrected chi connectivity index (χ1v) is 7.20. The number of nitrogens with two attached hydrogens (primary N) is 1. The van der Waals surface area contributed by atoms with E-state index < -0.39 is 15.6 Å². The molecule has 0 aromatic heterocycles. The topological polar surface area (TPSA) is 72.2 Å². The molecule has 1 fully saturated rings. The van der Waals surface area contributed by atoms with Gasteiger partial charge in [0, 0.05) is 12.1 Å². The zero-order valence-corrected chi connectivity index (χ0v) is 10.4. The van der Waals surface area contributed by atoms with Gasteiger partial charge in [0.05, 0.1) is 5.75 Å². The van der Waals surface area contributed by atoms with E-state index in [4.69, 9.17) is 5.73 Å². The van der Waals surface area contributed by atoms with Gasteiger partial charge in [-0.2, -0.15) is 0 Å². The van der Waals surface area contributed by atoms with Crippen molar-refractivity contribution in [2.75, 3.05) is 12.3 Å². The van der Waals surface area contributed by atoms with E-state index in [1.54, 1.807) is 13.8 Å². The number of hydrogen-bond donors (Lipinski definition) is 2. The lowest BCUT2D eigenvalue weighted by Gasteiger charge is -2.25. The second kappa shape index (κ2) is 4.80. The molecule has 15 heavy (non-hydrogen) atoms. The first-order chi connectivity index (χ1) is 6.79. The molecule has 5 heteroatoms. The third-order valence-corrected chi connectivity index (χ3v) is 4.12. The van der Waals surface area contributed by atoms with E-state index in [1.807, 2.05) is 0 Å². The number of hydrogen-bond acceptors (Lipinski definition) is 3. The first-order valence-electron chi connectivity index (χ1n) is 5.55. The summed E-state index contributed by atoms with van der Waals surface area (Å²) in [7, 11) is -3.12. The highest BCUT2D eigenvalue weighted by molar-refractivity contribution is 7.89. The van der Waals surface area contributed by atoms with Gasteiger partial charge in [0.1, 0.15) is 0 Å². The molecule has 0 unspecified atom stereocenters. The van der Waals surface area contributed by atoms with E-state index >= 15 is 0 Å². The van der Waals surface area contributed by atoms with Gasteiger partial charge in [-0.05, 0) is 26.2 Å². The van der Waals surface area contributed by atoms with Crippen molar-refractivity contribution in [1.82, 2.24) is 4.72 Å². The van der Waals surface area contributed by atoms with Crippen molar-refractivity contribution in [3.8, 4) is 0 Å². The highest BCUT2D eigenvalue weighted by atomic mass is 32.2. The van der Waals surface area contributed by atoms with Crippen LogP contribution >= 0.6 is 0 Å². The van der Waals surface area contributed by atoms with Crippen LogP contribution in [0.1, 0.15) is 39.5 Å². The molecule has 0 spiro atoms. The lowest BCUT2D eigenvalue weighted by Crippen LogP contribution is -2.45. The first kappa shape index (κ1) is 12.9. The minimum atomic E-state index is -3.12. The standard InChI is InChI=1S/C10H22N2O2S/c1-10(2,11)8-12-15(13,14)7-6-9-4-3-5-9/h9,12H,3-8,11H2,1-2H3. The van der Waals surface area contributed by atoms with Crippen molar-refractivity contribution >= 4 is 10.0 Å². The average Bonchev–Trinajstić information content (AvgIpc) is 1.97. The average molecular weight is 234 g/mol. The molecule has 4 nitrogen and oxygen atoms in total. The molecule has 0 aromatic carbocycles. The fourth-order valence-corrected chi connectivity index (χ4v) is 2.85. The molecule has 90 valence electrons. The second-order valence-electron chi connectivity index (χ2n) is 5.21. The van der Waals surface area contributed by atoms with Gasteiger partial charge in [0.25, 0.3) is 0 Å². The Hall–Kier alpha value is -0.130. The molecule has 0 amide bonds. The van der Waals surface area contributed by atoms with Crippen LogP contribution in [0.3, 0.4) is 0 Å². The second-order valence-corrected chi connectivity index (χ2v) is 7.14. The normalized spacial score (nSPS) is 18.9. The third-order valence-electron chi connectivity index (χ3n) is 2.77. The van der Waals surface area contributed by atoms with Crippen LogP contribution in [-0.2, 0) is 10.0 Å². The predicted octanol–water partition coefficient (Wildman–Crippen LogP) is 0.833. The van der Waals surface area contributed by atoms with E-state index in [0.717, 1.165) is 6.42 Å². The number of nitrogens with one attached hydrogen (secondary N) is 1. The maximum Gasteiger partial charge on any atom is 0.211 e. The molecular formula is C10H22N2O2S. The van der Waals surface area contributed by atoms with Crippen LogP contribution in [0.15, 0.2) is 0 Å². The Labute approximate surface area is 92.7 Å². The summed E-state index contributed by atoms with van der Waals surface area (Å²) in [4.78, 5) is 0. The summed E-state index contributed by atoms with van der Waals surface area (Å²) in [5, 5.41) is 0. The Bertz CT molecular complexity index is 289. The summed E-state index contributed by atoms with van der Waals surface area (Å²) in [6.07, 6.45) is 4.43. The molecule has 1 aliphatic carbocycles. The summed E-state index contributed by atoms with van der Waals surface area (Å²) in [6, 6.07) is 0. The molecule has 0 radical (unpaired) electrons. The quantitative estimate of drug-likeness (QED) is 0.715. The Morgan fingerprint density at radius 3 is 2.40 bits per heavy atom. The minimum absolute atomic E-state index is 0.244. The number of rotatable bonds is 6. The van der Waals surface area contributed by atoms with Crippen molar-refractivity contribution in [3.05, 3.63) is 0 Å². The molecule has 0 aliphatic heterocycles. The van der Waals surface area contributed by atoms with Crippen LogP contribution in [0, 0.1) is 5.92 Å². The molecule has 1 aliphatic rings. The molecule has 3 N–H and O–H groups in total. The summed E-state index contributed by atoms with van der Waals surface area (Å²) in [5.41, 5.74) is 5.23. The van der Waals surface area contributed by atoms with Gasteiger partial charge in [-0.15, -0.1) is 0 Å². The lowest BCUT2D eigenvalue weighted by molar-refractivity contribution is 0.307. The van der Waals surface area contributed by atoms with Crippen molar-refractivity contribution < 1.29 is 8.42 Å². The van der Waals surface area contributed by atoms with Crippen LogP contribution in [0.5, 0.6) is 0 Å². The predicted molar refractivity (Wildman–Crippen MR) is 62.0 cm³/mol. The van der Waals surface area contributed by atoms with E-state index in [-0.39, 0.29) is 5.75 Å². The van der Waals surface area contributed by atoms with Gasteiger partial charge >= 0.3 is 0 Å². The minimum Gasteiger partial charge on any atom is -0.324 e. The summed E-state index contributed by atoms with van der Waals surface area (Å²) < 4.78 is 25.7. The molecule has 0 bridgehead atoms. The summed E-state index contributed by atoms with van der Waals surface area (Å²) in [6.45, 7) is 3.92. The largest absolute Gasteiger partial charge is 0.324 e. The molecule has 1 saturated carbocycles. The molecular weight excluding hydrogens is 212 g/mol. The Morgan fingerprint density at radius 2 is 2.00 bits per heavy atom. The van der Waals surface area contributed by atoms with Gasteiger partial charge < -0.3 is 5.73 Å². The van der Waals surface area contributed by atoms with Crippen molar-refractivity contribution in [3.63, 3.8) is 0 Å². The monoisotopic (exact) mass is 234 g/mol. The van der Waals surface area contributed by atoms with Crippen LogP contribution in [0.4, 0.5) is 0 Å². The fourth-order valence-electron chi connectivity index (χ4n) is 1.47. The highest BCUT2D eigenvalue weighted by Gasteiger charge is 2.21. The fraction of sp³-hybridized carbons (Fsp3) is 1.00. The zero-order chi connectivity index (χ0) is 11.5. The smallest absolute Gasteiger partial charge is 0.211 e. The Balaban J connectivity index is 2.25. The highest BCUT2D eigenvalue weighted by Crippen LogP contribution is 2.29. The summed E-state index contributed by atoms with van der Waals surface area (Å²) >= 11 is 0.